The van der Waals surface area contributed by atoms with Crippen LogP contribution in [0.2, 0.25) is 5.02 Å². The molecule has 0 heterocycles. The standard InChI is InChI=1S/C11H12ClNO2/c1-2-15-11(14)8-13-7-9-3-5-10(12)6-4-9/h3-7H,2,8H2,1H3. The second kappa shape index (κ2) is 6.19. The summed E-state index contributed by atoms with van der Waals surface area (Å²) in [6.07, 6.45) is 1.62. The van der Waals surface area contributed by atoms with Crippen molar-refractivity contribution in [2.75, 3.05) is 13.2 Å². The van der Waals surface area contributed by atoms with Crippen LogP contribution in [-0.4, -0.2) is 25.3 Å². The van der Waals surface area contributed by atoms with E-state index in [-0.39, 0.29) is 12.5 Å². The molecule has 0 radical (unpaired) electrons. The van der Waals surface area contributed by atoms with Gasteiger partial charge < -0.3 is 4.74 Å². The molecule has 0 aliphatic heterocycles. The van der Waals surface area contributed by atoms with Gasteiger partial charge in [0.05, 0.1) is 6.61 Å². The van der Waals surface area contributed by atoms with Crippen molar-refractivity contribution >= 4 is 23.8 Å². The van der Waals surface area contributed by atoms with E-state index in [0.29, 0.717) is 11.6 Å². The average molecular weight is 226 g/mol. The molecule has 0 N–H and O–H groups in total. The predicted octanol–water partition coefficient (Wildman–Crippen LogP) is 2.32. The van der Waals surface area contributed by atoms with Crippen molar-refractivity contribution in [2.24, 2.45) is 4.99 Å². The van der Waals surface area contributed by atoms with Crippen molar-refractivity contribution in [3.63, 3.8) is 0 Å². The van der Waals surface area contributed by atoms with Gasteiger partial charge in [-0.15, -0.1) is 0 Å². The van der Waals surface area contributed by atoms with E-state index >= 15 is 0 Å². The summed E-state index contributed by atoms with van der Waals surface area (Å²) in [7, 11) is 0. The largest absolute Gasteiger partial charge is 0.465 e. The predicted molar refractivity (Wildman–Crippen MR) is 60.5 cm³/mol. The van der Waals surface area contributed by atoms with Gasteiger partial charge in [-0.25, -0.2) is 0 Å². The second-order valence-corrected chi connectivity index (χ2v) is 3.26. The lowest BCUT2D eigenvalue weighted by Gasteiger charge is -1.96. The monoisotopic (exact) mass is 225 g/mol. The molecule has 4 heteroatoms. The van der Waals surface area contributed by atoms with E-state index in [1.165, 1.54) is 0 Å². The average Bonchev–Trinajstić information content (AvgIpc) is 2.21. The molecule has 0 spiro atoms. The van der Waals surface area contributed by atoms with Crippen molar-refractivity contribution in [2.45, 2.75) is 6.92 Å². The van der Waals surface area contributed by atoms with Crippen LogP contribution in [0, 0.1) is 0 Å². The summed E-state index contributed by atoms with van der Waals surface area (Å²) in [6.45, 7) is 2.20. The van der Waals surface area contributed by atoms with Gasteiger partial charge in [0.15, 0.2) is 0 Å². The quantitative estimate of drug-likeness (QED) is 0.583. The number of esters is 1. The minimum Gasteiger partial charge on any atom is -0.465 e. The van der Waals surface area contributed by atoms with E-state index in [9.17, 15) is 4.79 Å². The van der Waals surface area contributed by atoms with Gasteiger partial charge in [0.1, 0.15) is 6.54 Å². The molecule has 0 aliphatic carbocycles. The highest BCUT2D eigenvalue weighted by atomic mass is 35.5. The van der Waals surface area contributed by atoms with Gasteiger partial charge in [-0.1, -0.05) is 23.7 Å². The minimum atomic E-state index is -0.317. The number of carbonyl (C=O) groups is 1. The van der Waals surface area contributed by atoms with E-state index in [4.69, 9.17) is 16.3 Å². The summed E-state index contributed by atoms with van der Waals surface area (Å²) in [6, 6.07) is 7.20. The van der Waals surface area contributed by atoms with Crippen LogP contribution in [0.4, 0.5) is 0 Å². The van der Waals surface area contributed by atoms with Gasteiger partial charge in [0, 0.05) is 11.2 Å². The van der Waals surface area contributed by atoms with Crippen LogP contribution < -0.4 is 0 Å². The zero-order valence-electron chi connectivity index (χ0n) is 8.44. The molecule has 1 aromatic carbocycles. The maximum Gasteiger partial charge on any atom is 0.327 e. The van der Waals surface area contributed by atoms with E-state index in [2.05, 4.69) is 4.99 Å². The Hall–Kier alpha value is -1.35. The Morgan fingerprint density at radius 3 is 2.73 bits per heavy atom. The lowest BCUT2D eigenvalue weighted by Crippen LogP contribution is -2.07. The first-order chi connectivity index (χ1) is 7.22. The number of halogens is 1. The number of hydrogen-bond acceptors (Lipinski definition) is 3. The van der Waals surface area contributed by atoms with Gasteiger partial charge in [0.2, 0.25) is 0 Å². The highest BCUT2D eigenvalue weighted by Gasteiger charge is 1.96. The van der Waals surface area contributed by atoms with E-state index in [0.717, 1.165) is 5.56 Å². The normalized spacial score (nSPS) is 10.5. The Kier molecular flexibility index (Phi) is 4.84. The zero-order chi connectivity index (χ0) is 11.1. The van der Waals surface area contributed by atoms with E-state index in [1.807, 2.05) is 12.1 Å². The topological polar surface area (TPSA) is 38.7 Å². The first-order valence-corrected chi connectivity index (χ1v) is 5.01. The van der Waals surface area contributed by atoms with Crippen LogP contribution in [0.1, 0.15) is 12.5 Å². The first kappa shape index (κ1) is 11.7. The Morgan fingerprint density at radius 1 is 1.47 bits per heavy atom. The lowest BCUT2D eigenvalue weighted by molar-refractivity contribution is -0.141. The van der Waals surface area contributed by atoms with Crippen molar-refractivity contribution < 1.29 is 9.53 Å². The fourth-order valence-electron chi connectivity index (χ4n) is 0.981. The molecule has 1 aromatic rings. The van der Waals surface area contributed by atoms with Gasteiger partial charge in [-0.05, 0) is 24.6 Å². The lowest BCUT2D eigenvalue weighted by atomic mass is 10.2. The fraction of sp³-hybridized carbons (Fsp3) is 0.273. The molecule has 1 rings (SSSR count). The van der Waals surface area contributed by atoms with Crippen LogP contribution in [0.5, 0.6) is 0 Å². The zero-order valence-corrected chi connectivity index (χ0v) is 9.20. The van der Waals surface area contributed by atoms with Crippen LogP contribution >= 0.6 is 11.6 Å². The molecule has 0 fully saturated rings. The van der Waals surface area contributed by atoms with Crippen molar-refractivity contribution in [1.29, 1.82) is 0 Å². The summed E-state index contributed by atoms with van der Waals surface area (Å²) in [5, 5.41) is 0.678. The van der Waals surface area contributed by atoms with Crippen LogP contribution in [-0.2, 0) is 9.53 Å². The fourth-order valence-corrected chi connectivity index (χ4v) is 1.11. The highest BCUT2D eigenvalue weighted by molar-refractivity contribution is 6.30. The molecular formula is C11H12ClNO2. The summed E-state index contributed by atoms with van der Waals surface area (Å²) in [5.74, 6) is -0.317. The Morgan fingerprint density at radius 2 is 2.13 bits per heavy atom. The summed E-state index contributed by atoms with van der Waals surface area (Å²) in [5.41, 5.74) is 0.906. The molecule has 0 aliphatic rings. The number of benzene rings is 1. The second-order valence-electron chi connectivity index (χ2n) is 2.83. The Labute approximate surface area is 93.7 Å². The first-order valence-electron chi connectivity index (χ1n) is 4.63. The number of aliphatic imine (C=N–C) groups is 1. The van der Waals surface area contributed by atoms with Gasteiger partial charge in [-0.2, -0.15) is 0 Å². The molecule has 3 nitrogen and oxygen atoms in total. The summed E-state index contributed by atoms with van der Waals surface area (Å²) < 4.78 is 4.73. The summed E-state index contributed by atoms with van der Waals surface area (Å²) >= 11 is 5.72. The molecule has 0 saturated heterocycles. The smallest absolute Gasteiger partial charge is 0.327 e. The van der Waals surface area contributed by atoms with E-state index < -0.39 is 0 Å². The third kappa shape index (κ3) is 4.61. The minimum absolute atomic E-state index is 0.0521. The maximum atomic E-state index is 10.9. The van der Waals surface area contributed by atoms with Gasteiger partial charge in [-0.3, -0.25) is 9.79 Å². The molecule has 0 saturated carbocycles. The van der Waals surface area contributed by atoms with Crippen molar-refractivity contribution in [3.05, 3.63) is 34.9 Å². The number of nitrogens with zero attached hydrogens (tertiary/aromatic N) is 1. The molecule has 0 unspecified atom stereocenters. The van der Waals surface area contributed by atoms with Crippen molar-refractivity contribution in [3.8, 4) is 0 Å². The molecule has 80 valence electrons. The molecule has 0 bridgehead atoms. The number of hydrogen-bond donors (Lipinski definition) is 0. The SMILES string of the molecule is CCOC(=O)CN=Cc1ccc(Cl)cc1. The van der Waals surface area contributed by atoms with Crippen LogP contribution in [0.15, 0.2) is 29.3 Å². The molecule has 0 atom stereocenters. The third-order valence-electron chi connectivity index (χ3n) is 1.64. The van der Waals surface area contributed by atoms with Gasteiger partial charge >= 0.3 is 5.97 Å². The number of rotatable bonds is 4. The maximum absolute atomic E-state index is 10.9. The molecule has 0 aromatic heterocycles. The molecule has 0 amide bonds. The Bertz CT molecular complexity index is 346. The number of ether oxygens (including phenoxy) is 1. The number of carbonyl (C=O) groups excluding carboxylic acids is 1. The van der Waals surface area contributed by atoms with Crippen LogP contribution in [0.3, 0.4) is 0 Å². The molecular weight excluding hydrogens is 214 g/mol. The Balaban J connectivity index is 2.44. The van der Waals surface area contributed by atoms with E-state index in [1.54, 1.807) is 25.3 Å². The molecule has 15 heavy (non-hydrogen) atoms. The highest BCUT2D eigenvalue weighted by Crippen LogP contribution is 2.07. The van der Waals surface area contributed by atoms with Crippen LogP contribution in [0.25, 0.3) is 0 Å². The summed E-state index contributed by atoms with van der Waals surface area (Å²) in [4.78, 5) is 14.9. The van der Waals surface area contributed by atoms with Gasteiger partial charge in [0.25, 0.3) is 0 Å². The van der Waals surface area contributed by atoms with Crippen molar-refractivity contribution in [1.82, 2.24) is 0 Å². The third-order valence-corrected chi connectivity index (χ3v) is 1.89.